The van der Waals surface area contributed by atoms with Crippen LogP contribution in [-0.4, -0.2) is 23.1 Å². The van der Waals surface area contributed by atoms with E-state index in [4.69, 9.17) is 34.0 Å². The minimum Gasteiger partial charge on any atom is -0.481 e. The summed E-state index contributed by atoms with van der Waals surface area (Å²) in [6.07, 6.45) is 0.639. The second-order valence-electron chi connectivity index (χ2n) is 7.89. The van der Waals surface area contributed by atoms with Gasteiger partial charge in [0.25, 0.3) is 0 Å². The average molecular weight is 490 g/mol. The van der Waals surface area contributed by atoms with E-state index in [-0.39, 0.29) is 17.9 Å². The summed E-state index contributed by atoms with van der Waals surface area (Å²) >= 11 is 11.2. The number of benzene rings is 3. The third-order valence-electron chi connectivity index (χ3n) is 4.80. The van der Waals surface area contributed by atoms with Crippen molar-refractivity contribution in [1.29, 1.82) is 0 Å². The van der Waals surface area contributed by atoms with Gasteiger partial charge in [-0.1, -0.05) is 59.6 Å². The minimum absolute atomic E-state index is 0.0800. The van der Waals surface area contributed by atoms with Crippen LogP contribution in [0, 0.1) is 11.2 Å². The van der Waals surface area contributed by atoms with Crippen molar-refractivity contribution in [3.05, 3.63) is 87.7 Å². The summed E-state index contributed by atoms with van der Waals surface area (Å²) in [6.45, 7) is 3.03. The second kappa shape index (κ2) is 11.1. The number of carboxylic acid groups (broad SMARTS) is 1. The van der Waals surface area contributed by atoms with E-state index in [1.165, 1.54) is 32.0 Å². The van der Waals surface area contributed by atoms with Crippen LogP contribution in [0.15, 0.2) is 60.7 Å². The molecule has 3 N–H and O–H groups in total. The van der Waals surface area contributed by atoms with Crippen LogP contribution in [0.5, 0.6) is 0 Å². The number of hydrogen-bond acceptors (Lipinski definition) is 4. The molecule has 0 atom stereocenters. The summed E-state index contributed by atoms with van der Waals surface area (Å²) in [5, 5.41) is 9.95. The molecule has 0 bridgehead atoms. The van der Waals surface area contributed by atoms with Gasteiger partial charge >= 0.3 is 5.97 Å². The molecule has 0 saturated carbocycles. The van der Waals surface area contributed by atoms with Gasteiger partial charge in [0.15, 0.2) is 5.78 Å². The van der Waals surface area contributed by atoms with Gasteiger partial charge in [0.05, 0.1) is 21.1 Å². The summed E-state index contributed by atoms with van der Waals surface area (Å²) in [4.78, 5) is 33.4. The first-order valence-corrected chi connectivity index (χ1v) is 10.5. The van der Waals surface area contributed by atoms with E-state index in [1.807, 2.05) is 0 Å². The Morgan fingerprint density at radius 3 is 2.09 bits per heavy atom. The van der Waals surface area contributed by atoms with E-state index >= 15 is 0 Å². The molecular formula is C25H22Cl2FNO4. The molecule has 0 amide bonds. The minimum atomic E-state index is -1.12. The van der Waals surface area contributed by atoms with Crippen LogP contribution in [0.3, 0.4) is 0 Å². The Bertz CT molecular complexity index is 1180. The largest absolute Gasteiger partial charge is 0.481 e. The predicted octanol–water partition coefficient (Wildman–Crippen LogP) is 6.56. The number of nitrogens with two attached hydrogens (primary N) is 1. The summed E-state index contributed by atoms with van der Waals surface area (Å²) in [6, 6.07) is 15.9. The van der Waals surface area contributed by atoms with Crippen LogP contribution in [0.1, 0.15) is 41.0 Å². The molecule has 172 valence electrons. The van der Waals surface area contributed by atoms with Gasteiger partial charge in [0.1, 0.15) is 12.1 Å². The van der Waals surface area contributed by atoms with Crippen LogP contribution in [0.4, 0.5) is 10.1 Å². The van der Waals surface area contributed by atoms with Gasteiger partial charge in [0, 0.05) is 17.5 Å². The maximum absolute atomic E-state index is 13.5. The van der Waals surface area contributed by atoms with Gasteiger partial charge in [-0.3, -0.25) is 14.4 Å². The summed E-state index contributed by atoms with van der Waals surface area (Å²) in [5.41, 5.74) is 6.78. The van der Waals surface area contributed by atoms with Gasteiger partial charge in [-0.05, 0) is 49.2 Å². The molecule has 0 aromatic heterocycles. The predicted molar refractivity (Wildman–Crippen MR) is 128 cm³/mol. The molecule has 3 aromatic rings. The lowest BCUT2D eigenvalue weighted by Gasteiger charge is -2.17. The second-order valence-corrected chi connectivity index (χ2v) is 8.71. The Labute approximate surface area is 200 Å². The quantitative estimate of drug-likeness (QED) is 0.232. The molecule has 0 saturated heterocycles. The number of carboxylic acids is 1. The van der Waals surface area contributed by atoms with Crippen molar-refractivity contribution in [2.24, 2.45) is 5.41 Å². The zero-order valence-corrected chi connectivity index (χ0v) is 19.5. The first-order valence-electron chi connectivity index (χ1n) is 9.77. The van der Waals surface area contributed by atoms with E-state index in [9.17, 15) is 18.8 Å². The molecule has 0 spiro atoms. The van der Waals surface area contributed by atoms with Gasteiger partial charge in [-0.2, -0.15) is 0 Å². The Morgan fingerprint density at radius 2 is 1.58 bits per heavy atom. The van der Waals surface area contributed by atoms with Crippen LogP contribution >= 0.6 is 23.2 Å². The lowest BCUT2D eigenvalue weighted by molar-refractivity contribution is -0.146. The number of aliphatic carboxylic acids is 1. The zero-order chi connectivity index (χ0) is 24.8. The summed E-state index contributed by atoms with van der Waals surface area (Å²) in [5.74, 6) is -1.75. The fraction of sp³-hybridized carbons (Fsp3) is 0.160. The number of ketones is 1. The number of rotatable bonds is 6. The van der Waals surface area contributed by atoms with Gasteiger partial charge in [-0.15, -0.1) is 0 Å². The molecule has 3 rings (SSSR count). The summed E-state index contributed by atoms with van der Waals surface area (Å²) < 4.78 is 13.5. The number of carbonyl (C=O) groups is 3. The third-order valence-corrected chi connectivity index (χ3v) is 5.54. The van der Waals surface area contributed by atoms with Gasteiger partial charge < -0.3 is 10.8 Å². The number of Topliss-reactive ketones (excluding diaryl/α,β-unsaturated/α-hetero) is 1. The smallest absolute Gasteiger partial charge is 0.309 e. The van der Waals surface area contributed by atoms with Crippen LogP contribution in [0.2, 0.25) is 10.0 Å². The molecule has 5 nitrogen and oxygen atoms in total. The van der Waals surface area contributed by atoms with E-state index in [0.29, 0.717) is 26.7 Å². The fourth-order valence-corrected chi connectivity index (χ4v) is 3.03. The van der Waals surface area contributed by atoms with Crippen molar-refractivity contribution in [3.63, 3.8) is 0 Å². The zero-order valence-electron chi connectivity index (χ0n) is 17.9. The van der Waals surface area contributed by atoms with Crippen molar-refractivity contribution < 1.29 is 23.9 Å². The molecule has 33 heavy (non-hydrogen) atoms. The molecule has 0 fully saturated rings. The number of anilines is 1. The molecule has 0 aliphatic heterocycles. The molecule has 0 unspecified atom stereocenters. The van der Waals surface area contributed by atoms with E-state index in [2.05, 4.69) is 0 Å². The Balaban J connectivity index is 0.000000321. The third kappa shape index (κ3) is 7.14. The maximum atomic E-state index is 13.5. The first kappa shape index (κ1) is 26.0. The topological polar surface area (TPSA) is 97.5 Å². The van der Waals surface area contributed by atoms with Crippen molar-refractivity contribution in [2.45, 2.75) is 20.3 Å². The number of hydrogen-bond donors (Lipinski definition) is 2. The molecule has 8 heteroatoms. The highest BCUT2D eigenvalue weighted by molar-refractivity contribution is 6.42. The van der Waals surface area contributed by atoms with E-state index < -0.39 is 17.2 Å². The van der Waals surface area contributed by atoms with Crippen LogP contribution in [0.25, 0.3) is 11.1 Å². The standard InChI is InChI=1S/C18H18FNO3.C7H4Cl2O/c1-18(2,17(22)23)10-16(21)12-5-3-11(4-6-12)13-7-8-15(20)14(19)9-13;8-6-2-1-5(4-10)3-7(6)9/h3-9H,10,20H2,1-2H3,(H,22,23);1-4H. The number of aldehydes is 1. The van der Waals surface area contributed by atoms with E-state index in [0.717, 1.165) is 11.8 Å². The molecule has 0 heterocycles. The summed E-state index contributed by atoms with van der Waals surface area (Å²) in [7, 11) is 0. The SMILES string of the molecule is CC(C)(CC(=O)c1ccc(-c2ccc(N)c(F)c2)cc1)C(=O)O.O=Cc1ccc(Cl)c(Cl)c1. The lowest BCUT2D eigenvalue weighted by Crippen LogP contribution is -2.26. The monoisotopic (exact) mass is 489 g/mol. The normalized spacial score (nSPS) is 10.7. The molecular weight excluding hydrogens is 468 g/mol. The van der Waals surface area contributed by atoms with Crippen LogP contribution < -0.4 is 5.73 Å². The van der Waals surface area contributed by atoms with Crippen molar-refractivity contribution in [3.8, 4) is 11.1 Å². The molecule has 0 aliphatic carbocycles. The van der Waals surface area contributed by atoms with Crippen molar-refractivity contribution in [1.82, 2.24) is 0 Å². The van der Waals surface area contributed by atoms with Gasteiger partial charge in [-0.25, -0.2) is 4.39 Å². The highest BCUT2D eigenvalue weighted by atomic mass is 35.5. The average Bonchev–Trinajstić information content (AvgIpc) is 2.77. The number of nitrogen functional groups attached to an aromatic ring is 1. The Hall–Kier alpha value is -3.22. The van der Waals surface area contributed by atoms with Crippen molar-refractivity contribution >= 4 is 46.9 Å². The highest BCUT2D eigenvalue weighted by Gasteiger charge is 2.30. The Morgan fingerprint density at radius 1 is 0.970 bits per heavy atom. The Kier molecular flexibility index (Phi) is 8.74. The first-order chi connectivity index (χ1) is 15.4. The van der Waals surface area contributed by atoms with Crippen molar-refractivity contribution in [2.75, 3.05) is 5.73 Å². The van der Waals surface area contributed by atoms with Gasteiger partial charge in [0.2, 0.25) is 0 Å². The van der Waals surface area contributed by atoms with Crippen LogP contribution in [-0.2, 0) is 4.79 Å². The number of halogens is 3. The molecule has 3 aromatic carbocycles. The molecule has 0 radical (unpaired) electrons. The lowest BCUT2D eigenvalue weighted by atomic mass is 9.85. The molecule has 0 aliphatic rings. The fourth-order valence-electron chi connectivity index (χ4n) is 2.72. The maximum Gasteiger partial charge on any atom is 0.309 e. The number of carbonyl (C=O) groups excluding carboxylic acids is 2. The highest BCUT2D eigenvalue weighted by Crippen LogP contribution is 2.26. The van der Waals surface area contributed by atoms with E-state index in [1.54, 1.807) is 42.5 Å².